The number of halogens is 2. The van der Waals surface area contributed by atoms with Crippen molar-refractivity contribution in [2.75, 3.05) is 0 Å². The maximum Gasteiger partial charge on any atom is 0.172 e. The smallest absolute Gasteiger partial charge is 0.172 e. The molecular formula is C12H9BrFNOS. The molecule has 0 aliphatic carbocycles. The fourth-order valence-electron chi connectivity index (χ4n) is 1.43. The maximum absolute atomic E-state index is 13.5. The molecule has 2 aromatic rings. The summed E-state index contributed by atoms with van der Waals surface area (Å²) in [6, 6.07) is 4.35. The van der Waals surface area contributed by atoms with Crippen molar-refractivity contribution < 1.29 is 9.18 Å². The third kappa shape index (κ3) is 2.98. The maximum atomic E-state index is 13.5. The number of Topliss-reactive ketones (excluding diaryl/α,β-unsaturated/α-hetero) is 1. The zero-order valence-corrected chi connectivity index (χ0v) is 11.4. The summed E-state index contributed by atoms with van der Waals surface area (Å²) in [5.74, 6) is -0.746. The van der Waals surface area contributed by atoms with Gasteiger partial charge in [-0.2, -0.15) is 0 Å². The monoisotopic (exact) mass is 313 g/mol. The molecule has 1 aromatic carbocycles. The Hall–Kier alpha value is -1.07. The van der Waals surface area contributed by atoms with E-state index in [0.717, 1.165) is 5.69 Å². The molecule has 5 heteroatoms. The van der Waals surface area contributed by atoms with Crippen LogP contribution in [0.5, 0.6) is 0 Å². The highest BCUT2D eigenvalue weighted by molar-refractivity contribution is 9.10. The lowest BCUT2D eigenvalue weighted by Crippen LogP contribution is -2.06. The fraction of sp³-hybridized carbons (Fsp3) is 0.167. The number of ketones is 1. The van der Waals surface area contributed by atoms with E-state index in [1.54, 1.807) is 6.07 Å². The summed E-state index contributed by atoms with van der Waals surface area (Å²) in [4.78, 5) is 16.1. The van der Waals surface area contributed by atoms with E-state index in [0.29, 0.717) is 9.48 Å². The number of hydrogen-bond acceptors (Lipinski definition) is 3. The molecular weight excluding hydrogens is 305 g/mol. The van der Waals surface area contributed by atoms with Crippen LogP contribution in [0.25, 0.3) is 0 Å². The molecule has 0 saturated heterocycles. The van der Waals surface area contributed by atoms with Crippen molar-refractivity contribution >= 4 is 33.0 Å². The SMILES string of the molecule is Cc1csc(CC(=O)c2cc(Br)ccc2F)n1. The van der Waals surface area contributed by atoms with Crippen LogP contribution in [0.15, 0.2) is 28.1 Å². The largest absolute Gasteiger partial charge is 0.294 e. The average molecular weight is 314 g/mol. The standard InChI is InChI=1S/C12H9BrFNOS/c1-7-6-17-12(15-7)5-11(16)9-4-8(13)2-3-10(9)14/h2-4,6H,5H2,1H3. The molecule has 0 amide bonds. The highest BCUT2D eigenvalue weighted by Crippen LogP contribution is 2.18. The highest BCUT2D eigenvalue weighted by Gasteiger charge is 2.14. The molecule has 0 unspecified atom stereocenters. The number of nitrogens with zero attached hydrogens (tertiary/aromatic N) is 1. The highest BCUT2D eigenvalue weighted by atomic mass is 79.9. The number of benzene rings is 1. The Balaban J connectivity index is 2.22. The molecule has 0 atom stereocenters. The van der Waals surface area contributed by atoms with Crippen LogP contribution < -0.4 is 0 Å². The summed E-state index contributed by atoms with van der Waals surface area (Å²) >= 11 is 4.64. The van der Waals surface area contributed by atoms with E-state index in [1.165, 1.54) is 23.5 Å². The number of rotatable bonds is 3. The van der Waals surface area contributed by atoms with Gasteiger partial charge in [-0.05, 0) is 25.1 Å². The lowest BCUT2D eigenvalue weighted by molar-refractivity contribution is 0.0989. The quantitative estimate of drug-likeness (QED) is 0.807. The molecule has 0 N–H and O–H groups in total. The Morgan fingerprint density at radius 1 is 1.53 bits per heavy atom. The molecule has 2 nitrogen and oxygen atoms in total. The van der Waals surface area contributed by atoms with Gasteiger partial charge < -0.3 is 0 Å². The van der Waals surface area contributed by atoms with Gasteiger partial charge in [0.15, 0.2) is 5.78 Å². The molecule has 88 valence electrons. The Bertz CT molecular complexity index is 567. The van der Waals surface area contributed by atoms with Crippen LogP contribution in [-0.2, 0) is 6.42 Å². The zero-order chi connectivity index (χ0) is 12.4. The minimum atomic E-state index is -0.494. The summed E-state index contributed by atoms with van der Waals surface area (Å²) in [5, 5.41) is 2.59. The van der Waals surface area contributed by atoms with Crippen LogP contribution >= 0.6 is 27.3 Å². The molecule has 1 aromatic heterocycles. The predicted molar refractivity (Wildman–Crippen MR) is 69.0 cm³/mol. The van der Waals surface area contributed by atoms with Gasteiger partial charge in [-0.25, -0.2) is 9.37 Å². The lowest BCUT2D eigenvalue weighted by atomic mass is 10.1. The van der Waals surface area contributed by atoms with E-state index < -0.39 is 5.82 Å². The number of aryl methyl sites for hydroxylation is 1. The molecule has 0 bridgehead atoms. The molecule has 0 saturated carbocycles. The third-order valence-corrected chi connectivity index (χ3v) is 3.67. The summed E-state index contributed by atoms with van der Waals surface area (Å²) in [5.41, 5.74) is 0.986. The van der Waals surface area contributed by atoms with Crippen molar-refractivity contribution in [3.05, 3.63) is 50.1 Å². The Kier molecular flexibility index (Phi) is 3.69. The topological polar surface area (TPSA) is 30.0 Å². The summed E-state index contributed by atoms with van der Waals surface area (Å²) in [6.07, 6.45) is 0.145. The average Bonchev–Trinajstić information content (AvgIpc) is 2.67. The second-order valence-corrected chi connectivity index (χ2v) is 5.47. The first-order valence-electron chi connectivity index (χ1n) is 4.95. The van der Waals surface area contributed by atoms with Crippen LogP contribution in [0.2, 0.25) is 0 Å². The van der Waals surface area contributed by atoms with E-state index in [1.807, 2.05) is 12.3 Å². The minimum Gasteiger partial charge on any atom is -0.294 e. The van der Waals surface area contributed by atoms with Crippen molar-refractivity contribution in [3.8, 4) is 0 Å². The van der Waals surface area contributed by atoms with Crippen LogP contribution in [-0.4, -0.2) is 10.8 Å². The van der Waals surface area contributed by atoms with Gasteiger partial charge in [0.05, 0.1) is 12.0 Å². The molecule has 0 fully saturated rings. The van der Waals surface area contributed by atoms with Gasteiger partial charge in [0, 0.05) is 15.5 Å². The van der Waals surface area contributed by atoms with E-state index in [-0.39, 0.29) is 17.8 Å². The van der Waals surface area contributed by atoms with Crippen LogP contribution in [0.3, 0.4) is 0 Å². The van der Waals surface area contributed by atoms with Gasteiger partial charge in [0.2, 0.25) is 0 Å². The number of carbonyl (C=O) groups is 1. The zero-order valence-electron chi connectivity index (χ0n) is 9.04. The van der Waals surface area contributed by atoms with Crippen LogP contribution in [0.1, 0.15) is 21.1 Å². The molecule has 2 rings (SSSR count). The van der Waals surface area contributed by atoms with Crippen LogP contribution in [0.4, 0.5) is 4.39 Å². The number of thiazole rings is 1. The van der Waals surface area contributed by atoms with E-state index in [4.69, 9.17) is 0 Å². The van der Waals surface area contributed by atoms with Gasteiger partial charge in [0.1, 0.15) is 10.8 Å². The molecule has 1 heterocycles. The van der Waals surface area contributed by atoms with Gasteiger partial charge in [0.25, 0.3) is 0 Å². The summed E-state index contributed by atoms with van der Waals surface area (Å²) in [6.45, 7) is 1.87. The first-order valence-corrected chi connectivity index (χ1v) is 6.63. The molecule has 17 heavy (non-hydrogen) atoms. The predicted octanol–water partition coefficient (Wildman–Crippen LogP) is 3.78. The second-order valence-electron chi connectivity index (χ2n) is 3.61. The van der Waals surface area contributed by atoms with Crippen molar-refractivity contribution in [2.45, 2.75) is 13.3 Å². The van der Waals surface area contributed by atoms with E-state index in [2.05, 4.69) is 20.9 Å². The van der Waals surface area contributed by atoms with Crippen molar-refractivity contribution in [2.24, 2.45) is 0 Å². The van der Waals surface area contributed by atoms with Gasteiger partial charge in [-0.1, -0.05) is 15.9 Å². The first kappa shape index (κ1) is 12.4. The van der Waals surface area contributed by atoms with Crippen LogP contribution in [0, 0.1) is 12.7 Å². The van der Waals surface area contributed by atoms with Crippen molar-refractivity contribution in [1.82, 2.24) is 4.98 Å². The third-order valence-electron chi connectivity index (χ3n) is 2.21. The van der Waals surface area contributed by atoms with E-state index >= 15 is 0 Å². The Labute approximate surface area is 111 Å². The fourth-order valence-corrected chi connectivity index (χ4v) is 2.56. The minimum absolute atomic E-state index is 0.104. The second kappa shape index (κ2) is 5.06. The Morgan fingerprint density at radius 3 is 2.94 bits per heavy atom. The van der Waals surface area contributed by atoms with Gasteiger partial charge in [-0.3, -0.25) is 4.79 Å². The molecule has 0 spiro atoms. The molecule has 0 aliphatic rings. The van der Waals surface area contributed by atoms with Crippen molar-refractivity contribution in [3.63, 3.8) is 0 Å². The Morgan fingerprint density at radius 2 is 2.29 bits per heavy atom. The number of hydrogen-bond donors (Lipinski definition) is 0. The molecule has 0 aliphatic heterocycles. The molecule has 0 radical (unpaired) electrons. The normalized spacial score (nSPS) is 10.5. The first-order chi connectivity index (χ1) is 8.06. The van der Waals surface area contributed by atoms with Crippen molar-refractivity contribution in [1.29, 1.82) is 0 Å². The summed E-state index contributed by atoms with van der Waals surface area (Å²) < 4.78 is 14.2. The lowest BCUT2D eigenvalue weighted by Gasteiger charge is -2.01. The number of carbonyl (C=O) groups excluding carboxylic acids is 1. The van der Waals surface area contributed by atoms with Gasteiger partial charge >= 0.3 is 0 Å². The van der Waals surface area contributed by atoms with E-state index in [9.17, 15) is 9.18 Å². The summed E-state index contributed by atoms with van der Waals surface area (Å²) in [7, 11) is 0. The van der Waals surface area contributed by atoms with Gasteiger partial charge in [-0.15, -0.1) is 11.3 Å². The number of aromatic nitrogens is 1.